The number of hydrogen-bond donors (Lipinski definition) is 5. The van der Waals surface area contributed by atoms with Gasteiger partial charge in [0.15, 0.2) is 5.96 Å². The lowest BCUT2D eigenvalue weighted by Crippen LogP contribution is -2.28. The molecule has 0 radical (unpaired) electrons. The number of nitrogens with zero attached hydrogens (tertiary/aromatic N) is 2. The van der Waals surface area contributed by atoms with Crippen molar-refractivity contribution in [3.05, 3.63) is 47.5 Å². The Labute approximate surface area is 220 Å². The first-order valence-corrected chi connectivity index (χ1v) is 13.3. The van der Waals surface area contributed by atoms with Crippen molar-refractivity contribution in [3.8, 4) is 11.3 Å². The van der Waals surface area contributed by atoms with Crippen molar-refractivity contribution in [2.24, 2.45) is 11.5 Å². The van der Waals surface area contributed by atoms with Crippen LogP contribution in [-0.4, -0.2) is 77.1 Å². The summed E-state index contributed by atoms with van der Waals surface area (Å²) < 4.78 is 44.2. The van der Waals surface area contributed by atoms with Crippen LogP contribution in [0.2, 0.25) is 5.02 Å². The second kappa shape index (κ2) is 14.1. The predicted molar refractivity (Wildman–Crippen MR) is 142 cm³/mol. The van der Waals surface area contributed by atoms with Crippen molar-refractivity contribution >= 4 is 44.4 Å². The summed E-state index contributed by atoms with van der Waals surface area (Å²) in [5.41, 5.74) is 12.3. The number of sulfonamides is 1. The SMILES string of the molecule is N=C(N)Nc1nc(-c2cccc(S(=O)(=O)NCCOCCOCCOCCN)c2)c2cc(Cl)ccc2n1. The van der Waals surface area contributed by atoms with E-state index in [4.69, 9.17) is 42.7 Å². The summed E-state index contributed by atoms with van der Waals surface area (Å²) in [6.07, 6.45) is 0. The Morgan fingerprint density at radius 1 is 0.973 bits per heavy atom. The minimum Gasteiger partial charge on any atom is -0.378 e. The molecule has 200 valence electrons. The van der Waals surface area contributed by atoms with Crippen molar-refractivity contribution < 1.29 is 22.6 Å². The topological polar surface area (TPSA) is 188 Å². The lowest BCUT2D eigenvalue weighted by Gasteiger charge is -2.12. The van der Waals surface area contributed by atoms with Crippen molar-refractivity contribution in [2.75, 3.05) is 58.0 Å². The zero-order valence-corrected chi connectivity index (χ0v) is 21.6. The van der Waals surface area contributed by atoms with E-state index in [2.05, 4.69) is 20.0 Å². The number of hydrogen-bond acceptors (Lipinski definition) is 9. The van der Waals surface area contributed by atoms with Gasteiger partial charge in [0, 0.05) is 29.1 Å². The average molecular weight is 552 g/mol. The molecule has 0 unspecified atom stereocenters. The Morgan fingerprint density at radius 3 is 2.38 bits per heavy atom. The number of aromatic nitrogens is 2. The Bertz CT molecular complexity index is 1310. The molecule has 0 amide bonds. The molecule has 0 bridgehead atoms. The van der Waals surface area contributed by atoms with Gasteiger partial charge in [-0.1, -0.05) is 23.7 Å². The van der Waals surface area contributed by atoms with Crippen LogP contribution < -0.4 is 21.5 Å². The third-order valence-electron chi connectivity index (χ3n) is 4.87. The number of nitrogens with one attached hydrogen (secondary N) is 3. The molecule has 0 atom stereocenters. The van der Waals surface area contributed by atoms with Gasteiger partial charge >= 0.3 is 0 Å². The maximum absolute atomic E-state index is 12.9. The summed E-state index contributed by atoms with van der Waals surface area (Å²) in [5.74, 6) is -0.224. The molecule has 0 aliphatic heterocycles. The fourth-order valence-corrected chi connectivity index (χ4v) is 4.50. The molecule has 1 aromatic heterocycles. The molecule has 1 heterocycles. The molecular weight excluding hydrogens is 522 g/mol. The fraction of sp³-hybridized carbons (Fsp3) is 0.348. The zero-order valence-electron chi connectivity index (χ0n) is 20.1. The fourth-order valence-electron chi connectivity index (χ4n) is 3.26. The van der Waals surface area contributed by atoms with Crippen LogP contribution in [0, 0.1) is 5.41 Å². The van der Waals surface area contributed by atoms with E-state index >= 15 is 0 Å². The Morgan fingerprint density at radius 2 is 1.68 bits per heavy atom. The first-order valence-electron chi connectivity index (χ1n) is 11.4. The molecule has 0 aliphatic rings. The van der Waals surface area contributed by atoms with E-state index in [1.54, 1.807) is 30.3 Å². The minimum absolute atomic E-state index is 0.0562. The van der Waals surface area contributed by atoms with E-state index < -0.39 is 10.0 Å². The lowest BCUT2D eigenvalue weighted by molar-refractivity contribution is 0.0171. The Balaban J connectivity index is 1.64. The molecule has 3 rings (SSSR count). The third kappa shape index (κ3) is 8.86. The largest absolute Gasteiger partial charge is 0.378 e. The number of nitrogens with two attached hydrogens (primary N) is 2. The highest BCUT2D eigenvalue weighted by Gasteiger charge is 2.17. The van der Waals surface area contributed by atoms with Crippen LogP contribution in [0.4, 0.5) is 5.95 Å². The molecule has 7 N–H and O–H groups in total. The smallest absolute Gasteiger partial charge is 0.240 e. The van der Waals surface area contributed by atoms with Crippen LogP contribution >= 0.6 is 11.6 Å². The summed E-state index contributed by atoms with van der Waals surface area (Å²) in [6.45, 7) is 2.83. The van der Waals surface area contributed by atoms with Gasteiger partial charge in [0.05, 0.1) is 55.7 Å². The van der Waals surface area contributed by atoms with Gasteiger partial charge < -0.3 is 25.7 Å². The van der Waals surface area contributed by atoms with Gasteiger partial charge in [-0.25, -0.2) is 23.1 Å². The second-order valence-corrected chi connectivity index (χ2v) is 9.85. The number of guanidine groups is 1. The van der Waals surface area contributed by atoms with E-state index in [1.807, 2.05) is 0 Å². The zero-order chi connectivity index (χ0) is 26.7. The molecule has 0 saturated heterocycles. The van der Waals surface area contributed by atoms with Crippen LogP contribution in [0.25, 0.3) is 22.2 Å². The summed E-state index contributed by atoms with van der Waals surface area (Å²) in [7, 11) is -3.82. The highest BCUT2D eigenvalue weighted by Crippen LogP contribution is 2.30. The van der Waals surface area contributed by atoms with E-state index in [9.17, 15) is 8.42 Å². The molecule has 37 heavy (non-hydrogen) atoms. The lowest BCUT2D eigenvalue weighted by atomic mass is 10.1. The van der Waals surface area contributed by atoms with Gasteiger partial charge in [0.1, 0.15) is 0 Å². The van der Waals surface area contributed by atoms with Gasteiger partial charge in [-0.15, -0.1) is 0 Å². The second-order valence-electron chi connectivity index (χ2n) is 7.65. The first kappa shape index (κ1) is 28.7. The molecule has 0 saturated carbocycles. The number of ether oxygens (including phenoxy) is 3. The van der Waals surface area contributed by atoms with Gasteiger partial charge in [-0.3, -0.25) is 10.7 Å². The molecule has 12 nitrogen and oxygen atoms in total. The standard InChI is InChI=1S/C23H30ClN7O5S/c24-17-4-5-20-19(15-17)21(30-23(29-20)31-22(26)27)16-2-1-3-18(14-16)37(32,33)28-7-9-35-11-13-36-12-10-34-8-6-25/h1-5,14-15,28H,6-13,25H2,(H4,26,27,29,30,31). The predicted octanol–water partition coefficient (Wildman–Crippen LogP) is 1.54. The highest BCUT2D eigenvalue weighted by molar-refractivity contribution is 7.89. The van der Waals surface area contributed by atoms with E-state index in [0.29, 0.717) is 66.8 Å². The molecule has 3 aromatic rings. The maximum atomic E-state index is 12.9. The number of fused-ring (bicyclic) bond motifs is 1. The number of rotatable bonds is 15. The summed E-state index contributed by atoms with van der Waals surface area (Å²) >= 11 is 6.18. The normalized spacial score (nSPS) is 11.6. The van der Waals surface area contributed by atoms with Crippen molar-refractivity contribution in [2.45, 2.75) is 4.90 Å². The van der Waals surface area contributed by atoms with E-state index in [0.717, 1.165) is 0 Å². The molecule has 2 aromatic carbocycles. The molecule has 0 spiro atoms. The maximum Gasteiger partial charge on any atom is 0.240 e. The van der Waals surface area contributed by atoms with E-state index in [-0.39, 0.29) is 30.0 Å². The molecule has 14 heteroatoms. The van der Waals surface area contributed by atoms with E-state index in [1.165, 1.54) is 12.1 Å². The highest BCUT2D eigenvalue weighted by atomic mass is 35.5. The molecule has 0 fully saturated rings. The van der Waals surface area contributed by atoms with Crippen LogP contribution in [0.5, 0.6) is 0 Å². The number of anilines is 1. The Kier molecular flexibility index (Phi) is 11.0. The quantitative estimate of drug-likeness (QED) is 0.105. The number of benzene rings is 2. The van der Waals surface area contributed by atoms with Gasteiger partial charge in [0.2, 0.25) is 16.0 Å². The number of halogens is 1. The first-order chi connectivity index (χ1) is 17.8. The van der Waals surface area contributed by atoms with Crippen LogP contribution in [0.1, 0.15) is 0 Å². The summed E-state index contributed by atoms with van der Waals surface area (Å²) in [5, 5.41) is 11.1. The summed E-state index contributed by atoms with van der Waals surface area (Å²) in [6, 6.07) is 11.4. The van der Waals surface area contributed by atoms with Crippen LogP contribution in [0.15, 0.2) is 47.4 Å². The third-order valence-corrected chi connectivity index (χ3v) is 6.56. The molecule has 0 aliphatic carbocycles. The van der Waals surface area contributed by atoms with Crippen molar-refractivity contribution in [1.29, 1.82) is 5.41 Å². The van der Waals surface area contributed by atoms with Gasteiger partial charge in [-0.05, 0) is 30.3 Å². The minimum atomic E-state index is -3.82. The van der Waals surface area contributed by atoms with Crippen molar-refractivity contribution in [3.63, 3.8) is 0 Å². The monoisotopic (exact) mass is 551 g/mol. The Hall–Kier alpha value is -2.91. The van der Waals surface area contributed by atoms with Gasteiger partial charge in [-0.2, -0.15) is 0 Å². The average Bonchev–Trinajstić information content (AvgIpc) is 2.87. The molecular formula is C23H30ClN7O5S. The van der Waals surface area contributed by atoms with Crippen molar-refractivity contribution in [1.82, 2.24) is 14.7 Å². The summed E-state index contributed by atoms with van der Waals surface area (Å²) in [4.78, 5) is 8.84. The van der Waals surface area contributed by atoms with Crippen LogP contribution in [-0.2, 0) is 24.2 Å². The van der Waals surface area contributed by atoms with Crippen LogP contribution in [0.3, 0.4) is 0 Å². The van der Waals surface area contributed by atoms with Gasteiger partial charge in [0.25, 0.3) is 0 Å².